The molecule has 190 valence electrons. The number of urea groups is 1. The monoisotopic (exact) mass is 496 g/mol. The number of methoxy groups -OCH3 is 1. The molecule has 1 aliphatic carbocycles. The van der Waals surface area contributed by atoms with Crippen molar-refractivity contribution in [3.05, 3.63) is 59.3 Å². The van der Waals surface area contributed by atoms with Crippen molar-refractivity contribution in [1.82, 2.24) is 14.4 Å². The first-order valence-corrected chi connectivity index (χ1v) is 12.4. The lowest BCUT2D eigenvalue weighted by Crippen LogP contribution is -2.68. The van der Waals surface area contributed by atoms with Gasteiger partial charge in [0.1, 0.15) is 17.4 Å². The number of carbonyl (C=O) groups is 1. The number of hydrogen-bond donors (Lipinski definition) is 2. The molecule has 2 fully saturated rings. The molecule has 36 heavy (non-hydrogen) atoms. The van der Waals surface area contributed by atoms with E-state index in [0.29, 0.717) is 19.0 Å². The Kier molecular flexibility index (Phi) is 5.46. The van der Waals surface area contributed by atoms with Crippen LogP contribution in [0.1, 0.15) is 30.1 Å². The van der Waals surface area contributed by atoms with Gasteiger partial charge in [-0.05, 0) is 48.6 Å². The highest BCUT2D eigenvalue weighted by Gasteiger charge is 2.55. The number of fused-ring (bicyclic) bond motifs is 4. The van der Waals surface area contributed by atoms with Crippen LogP contribution in [0.3, 0.4) is 0 Å². The summed E-state index contributed by atoms with van der Waals surface area (Å²) in [5.74, 6) is -0.0815. The van der Waals surface area contributed by atoms with Gasteiger partial charge in [0.15, 0.2) is 0 Å². The quantitative estimate of drug-likeness (QED) is 0.560. The highest BCUT2D eigenvalue weighted by atomic mass is 19.1. The number of aromatic nitrogens is 1. The summed E-state index contributed by atoms with van der Waals surface area (Å²) in [7, 11) is 3.67. The van der Waals surface area contributed by atoms with Crippen LogP contribution in [0.15, 0.2) is 36.4 Å². The van der Waals surface area contributed by atoms with Gasteiger partial charge in [-0.15, -0.1) is 0 Å². The number of hydrogen-bond acceptors (Lipinski definition) is 4. The number of benzene rings is 2. The zero-order valence-corrected chi connectivity index (χ0v) is 20.4. The number of aryl methyl sites for hydroxylation is 1. The fraction of sp³-hybridized carbons (Fsp3) is 0.444. The molecule has 2 aromatic carbocycles. The molecule has 0 radical (unpaired) electrons. The summed E-state index contributed by atoms with van der Waals surface area (Å²) in [4.78, 5) is 17.0. The Labute approximate surface area is 208 Å². The first-order valence-electron chi connectivity index (χ1n) is 12.4. The Hall–Kier alpha value is -3.17. The van der Waals surface area contributed by atoms with Gasteiger partial charge in [-0.1, -0.05) is 0 Å². The molecule has 3 aliphatic rings. The van der Waals surface area contributed by atoms with Crippen LogP contribution in [0.2, 0.25) is 0 Å². The van der Waals surface area contributed by atoms with Crippen molar-refractivity contribution < 1.29 is 23.4 Å². The lowest BCUT2D eigenvalue weighted by molar-refractivity contribution is 0.0130. The lowest BCUT2D eigenvalue weighted by atomic mass is 9.68. The Morgan fingerprint density at radius 1 is 1.17 bits per heavy atom. The molecule has 1 spiro atoms. The summed E-state index contributed by atoms with van der Waals surface area (Å²) in [6.45, 7) is 2.62. The Bertz CT molecular complexity index is 1350. The number of aliphatic hydroxyl groups is 1. The van der Waals surface area contributed by atoms with E-state index in [1.165, 1.54) is 24.5 Å². The second-order valence-corrected chi connectivity index (χ2v) is 10.5. The average molecular weight is 497 g/mol. The van der Waals surface area contributed by atoms with Gasteiger partial charge in [0.25, 0.3) is 0 Å². The minimum Gasteiger partial charge on any atom is -0.497 e. The van der Waals surface area contributed by atoms with E-state index in [1.54, 1.807) is 12.0 Å². The van der Waals surface area contributed by atoms with Gasteiger partial charge in [0.2, 0.25) is 0 Å². The highest BCUT2D eigenvalue weighted by molar-refractivity contribution is 5.92. The Morgan fingerprint density at radius 2 is 1.94 bits per heavy atom. The van der Waals surface area contributed by atoms with Gasteiger partial charge in [-0.3, -0.25) is 4.90 Å². The van der Waals surface area contributed by atoms with Gasteiger partial charge >= 0.3 is 6.03 Å². The number of nitrogens with one attached hydrogen (secondary N) is 1. The number of likely N-dealkylation sites (tertiary alicyclic amines) is 1. The van der Waals surface area contributed by atoms with Crippen molar-refractivity contribution in [2.24, 2.45) is 13.0 Å². The highest BCUT2D eigenvalue weighted by Crippen LogP contribution is 2.50. The van der Waals surface area contributed by atoms with Crippen LogP contribution >= 0.6 is 0 Å². The van der Waals surface area contributed by atoms with E-state index in [0.717, 1.165) is 47.6 Å². The summed E-state index contributed by atoms with van der Waals surface area (Å²) < 4.78 is 35.0. The van der Waals surface area contributed by atoms with Crippen molar-refractivity contribution in [2.45, 2.75) is 24.3 Å². The van der Waals surface area contributed by atoms with Crippen LogP contribution in [0.25, 0.3) is 10.9 Å². The Morgan fingerprint density at radius 3 is 2.61 bits per heavy atom. The maximum atomic E-state index is 14.1. The minimum absolute atomic E-state index is 0.0190. The predicted octanol–water partition coefficient (Wildman–Crippen LogP) is 4.01. The average Bonchev–Trinajstić information content (AvgIpc) is 3.61. The lowest BCUT2D eigenvalue weighted by Gasteiger charge is -2.56. The van der Waals surface area contributed by atoms with E-state index < -0.39 is 17.7 Å². The van der Waals surface area contributed by atoms with Crippen molar-refractivity contribution >= 4 is 22.6 Å². The van der Waals surface area contributed by atoms with E-state index >= 15 is 0 Å². The van der Waals surface area contributed by atoms with E-state index in [2.05, 4.69) is 20.9 Å². The third kappa shape index (κ3) is 3.64. The Balaban J connectivity index is 1.36. The number of nitrogens with zero attached hydrogens (tertiary/aromatic N) is 3. The maximum absolute atomic E-state index is 14.1. The van der Waals surface area contributed by atoms with Crippen LogP contribution in [-0.2, 0) is 12.5 Å². The van der Waals surface area contributed by atoms with Gasteiger partial charge in [0.05, 0.1) is 31.0 Å². The fourth-order valence-electron chi connectivity index (χ4n) is 6.16. The van der Waals surface area contributed by atoms with Crippen molar-refractivity contribution in [3.8, 4) is 5.75 Å². The summed E-state index contributed by atoms with van der Waals surface area (Å²) in [6.07, 6.45) is 2.41. The first-order chi connectivity index (χ1) is 17.3. The topological polar surface area (TPSA) is 70.0 Å². The number of rotatable bonds is 5. The summed E-state index contributed by atoms with van der Waals surface area (Å²) in [5, 5.41) is 14.2. The molecule has 2 aliphatic heterocycles. The number of halogens is 2. The molecule has 0 bridgehead atoms. The van der Waals surface area contributed by atoms with E-state index in [1.807, 2.05) is 19.2 Å². The molecule has 2 amide bonds. The molecule has 3 aromatic rings. The number of ether oxygens (including phenoxy) is 1. The second-order valence-electron chi connectivity index (χ2n) is 10.5. The van der Waals surface area contributed by atoms with Gasteiger partial charge in [0, 0.05) is 61.9 Å². The van der Waals surface area contributed by atoms with Gasteiger partial charge < -0.3 is 24.6 Å². The number of amides is 2. The van der Waals surface area contributed by atoms with E-state index in [-0.39, 0.29) is 23.8 Å². The predicted molar refractivity (Wildman–Crippen MR) is 132 cm³/mol. The van der Waals surface area contributed by atoms with Crippen LogP contribution in [0.5, 0.6) is 5.75 Å². The first kappa shape index (κ1) is 23.2. The summed E-state index contributed by atoms with van der Waals surface area (Å²) in [6, 6.07) is 8.62. The zero-order valence-electron chi connectivity index (χ0n) is 20.4. The van der Waals surface area contributed by atoms with E-state index in [9.17, 15) is 18.7 Å². The van der Waals surface area contributed by atoms with E-state index in [4.69, 9.17) is 4.74 Å². The van der Waals surface area contributed by atoms with Crippen LogP contribution < -0.4 is 10.1 Å². The fourth-order valence-corrected chi connectivity index (χ4v) is 6.16. The normalized spacial score (nSPS) is 20.9. The molecule has 1 saturated heterocycles. The molecular formula is C27H30F2N4O3. The number of anilines is 1. The summed E-state index contributed by atoms with van der Waals surface area (Å²) >= 11 is 0. The number of carbonyl (C=O) groups excluding carboxylic acids is 1. The van der Waals surface area contributed by atoms with Gasteiger partial charge in [-0.25, -0.2) is 13.6 Å². The molecule has 3 heterocycles. The zero-order chi connectivity index (χ0) is 25.2. The second kappa shape index (κ2) is 8.45. The molecule has 6 rings (SSSR count). The van der Waals surface area contributed by atoms with Crippen molar-refractivity contribution in [2.75, 3.05) is 45.2 Å². The van der Waals surface area contributed by atoms with Gasteiger partial charge in [-0.2, -0.15) is 0 Å². The molecule has 0 unspecified atom stereocenters. The SMILES string of the molecule is COc1ccc2c3c(n(C)c2c1)[C@@H](CO)N(CC1CC1)CC31CN(C(=O)Nc2ccc(F)cc2F)C1. The molecule has 9 heteroatoms. The van der Waals surface area contributed by atoms with Crippen LogP contribution in [0, 0.1) is 17.6 Å². The number of aliphatic hydroxyl groups excluding tert-OH is 1. The van der Waals surface area contributed by atoms with Crippen molar-refractivity contribution in [3.63, 3.8) is 0 Å². The summed E-state index contributed by atoms with van der Waals surface area (Å²) in [5.41, 5.74) is 2.94. The third-order valence-corrected chi connectivity index (χ3v) is 8.06. The largest absolute Gasteiger partial charge is 0.497 e. The molecule has 1 saturated carbocycles. The molecule has 1 aromatic heterocycles. The molecular weight excluding hydrogens is 466 g/mol. The molecule has 7 nitrogen and oxygen atoms in total. The maximum Gasteiger partial charge on any atom is 0.321 e. The standard InChI is InChI=1S/C27H30F2N4O3/c1-31-22-10-18(36-2)6-7-19(22)24-25(31)23(12-34)32(11-16-3-4-16)13-27(24)14-33(15-27)26(35)30-21-8-5-17(28)9-20(21)29/h5-10,16,23,34H,3-4,11-15H2,1-2H3,(H,30,35)/t23-/m1/s1. The minimum atomic E-state index is -0.803. The molecule has 1 atom stereocenters. The van der Waals surface area contributed by atoms with Crippen LogP contribution in [0.4, 0.5) is 19.3 Å². The van der Waals surface area contributed by atoms with Crippen molar-refractivity contribution in [1.29, 1.82) is 0 Å². The smallest absolute Gasteiger partial charge is 0.321 e. The van der Waals surface area contributed by atoms with Crippen LogP contribution in [-0.4, -0.2) is 65.4 Å². The molecule has 2 N–H and O–H groups in total. The third-order valence-electron chi connectivity index (χ3n) is 8.06.